The van der Waals surface area contributed by atoms with E-state index in [2.05, 4.69) is 0 Å². The van der Waals surface area contributed by atoms with Gasteiger partial charge in [0.25, 0.3) is 5.91 Å². The Balaban J connectivity index is 2.12. The first-order chi connectivity index (χ1) is 16.2. The van der Waals surface area contributed by atoms with Gasteiger partial charge in [-0.05, 0) is 55.0 Å². The zero-order valence-electron chi connectivity index (χ0n) is 18.3. The highest BCUT2D eigenvalue weighted by molar-refractivity contribution is 6.30. The molecule has 0 aliphatic carbocycles. The third-order valence-corrected chi connectivity index (χ3v) is 5.98. The van der Waals surface area contributed by atoms with Crippen molar-refractivity contribution >= 4 is 40.3 Å². The van der Waals surface area contributed by atoms with Gasteiger partial charge in [0, 0.05) is 32.8 Å². The van der Waals surface area contributed by atoms with Gasteiger partial charge >= 0.3 is 11.9 Å². The molecule has 0 amide bonds. The van der Waals surface area contributed by atoms with Crippen LogP contribution in [-0.2, 0) is 11.2 Å². The van der Waals surface area contributed by atoms with Crippen LogP contribution in [0, 0.1) is 6.92 Å². The SMILES string of the molecule is COc1ccc2c(c(CC(=O)O)c(C)n2C(=O)c2ccc(Cl)cc2)c1-c1ccccc1C(=O)O. The molecule has 0 radical (unpaired) electrons. The molecule has 4 rings (SSSR count). The minimum Gasteiger partial charge on any atom is -0.496 e. The van der Waals surface area contributed by atoms with Crippen molar-refractivity contribution in [2.24, 2.45) is 0 Å². The van der Waals surface area contributed by atoms with Gasteiger partial charge in [0.05, 0.1) is 24.6 Å². The molecule has 0 aliphatic rings. The fraction of sp³-hybridized carbons (Fsp3) is 0.115. The summed E-state index contributed by atoms with van der Waals surface area (Å²) in [6.45, 7) is 1.67. The summed E-state index contributed by atoms with van der Waals surface area (Å²) < 4.78 is 7.01. The predicted molar refractivity (Wildman–Crippen MR) is 128 cm³/mol. The number of nitrogens with zero attached hydrogens (tertiary/aromatic N) is 1. The van der Waals surface area contributed by atoms with E-state index in [0.717, 1.165) is 0 Å². The lowest BCUT2D eigenvalue weighted by Gasteiger charge is -2.14. The summed E-state index contributed by atoms with van der Waals surface area (Å²) in [5, 5.41) is 20.4. The lowest BCUT2D eigenvalue weighted by Crippen LogP contribution is -2.14. The zero-order chi connectivity index (χ0) is 24.6. The maximum atomic E-state index is 13.5. The molecule has 8 heteroatoms. The molecule has 3 aromatic carbocycles. The topological polar surface area (TPSA) is 106 Å². The summed E-state index contributed by atoms with van der Waals surface area (Å²) in [7, 11) is 1.45. The highest BCUT2D eigenvalue weighted by Crippen LogP contribution is 2.42. The van der Waals surface area contributed by atoms with Crippen LogP contribution in [0.2, 0.25) is 5.02 Å². The maximum Gasteiger partial charge on any atom is 0.336 e. The van der Waals surface area contributed by atoms with Gasteiger partial charge in [0.1, 0.15) is 5.75 Å². The lowest BCUT2D eigenvalue weighted by molar-refractivity contribution is -0.136. The molecular weight excluding hydrogens is 458 g/mol. The van der Waals surface area contributed by atoms with E-state index in [9.17, 15) is 24.6 Å². The number of methoxy groups -OCH3 is 1. The van der Waals surface area contributed by atoms with Crippen molar-refractivity contribution in [3.63, 3.8) is 0 Å². The van der Waals surface area contributed by atoms with Crippen molar-refractivity contribution in [2.45, 2.75) is 13.3 Å². The number of hydrogen-bond donors (Lipinski definition) is 2. The molecule has 0 unspecified atom stereocenters. The first kappa shape index (κ1) is 23.1. The molecule has 0 spiro atoms. The second-order valence-electron chi connectivity index (χ2n) is 7.67. The van der Waals surface area contributed by atoms with Crippen LogP contribution in [-0.4, -0.2) is 39.7 Å². The van der Waals surface area contributed by atoms with Gasteiger partial charge in [0.15, 0.2) is 0 Å². The van der Waals surface area contributed by atoms with Gasteiger partial charge in [-0.1, -0.05) is 29.8 Å². The number of ether oxygens (including phenoxy) is 1. The Morgan fingerprint density at radius 1 is 0.971 bits per heavy atom. The molecule has 1 aromatic heterocycles. The number of hydrogen-bond acceptors (Lipinski definition) is 4. The number of carbonyl (C=O) groups excluding carboxylic acids is 1. The number of aromatic carboxylic acids is 1. The van der Waals surface area contributed by atoms with Crippen molar-refractivity contribution < 1.29 is 29.3 Å². The van der Waals surface area contributed by atoms with Gasteiger partial charge in [-0.25, -0.2) is 4.79 Å². The molecule has 4 aromatic rings. The monoisotopic (exact) mass is 477 g/mol. The molecule has 0 saturated carbocycles. The predicted octanol–water partition coefficient (Wildman–Crippen LogP) is 5.29. The van der Waals surface area contributed by atoms with E-state index in [1.807, 2.05) is 0 Å². The second kappa shape index (κ2) is 9.03. The summed E-state index contributed by atoms with van der Waals surface area (Å²) in [6, 6.07) is 16.1. The Labute approximate surface area is 199 Å². The van der Waals surface area contributed by atoms with Crippen molar-refractivity contribution in [1.82, 2.24) is 4.57 Å². The van der Waals surface area contributed by atoms with Crippen LogP contribution in [0.15, 0.2) is 60.7 Å². The minimum absolute atomic E-state index is 0.0315. The lowest BCUT2D eigenvalue weighted by atomic mass is 9.93. The highest BCUT2D eigenvalue weighted by Gasteiger charge is 2.27. The van der Waals surface area contributed by atoms with Crippen molar-refractivity contribution in [2.75, 3.05) is 7.11 Å². The third kappa shape index (κ3) is 3.91. The number of carbonyl (C=O) groups is 3. The first-order valence-electron chi connectivity index (χ1n) is 10.3. The fourth-order valence-corrected chi connectivity index (χ4v) is 4.36. The fourth-order valence-electron chi connectivity index (χ4n) is 4.24. The number of aromatic nitrogens is 1. The number of aliphatic carboxylic acids is 1. The summed E-state index contributed by atoms with van der Waals surface area (Å²) in [6.07, 6.45) is -0.362. The van der Waals surface area contributed by atoms with Crippen LogP contribution in [0.25, 0.3) is 22.0 Å². The maximum absolute atomic E-state index is 13.5. The van der Waals surface area contributed by atoms with Crippen molar-refractivity contribution in [1.29, 1.82) is 0 Å². The van der Waals surface area contributed by atoms with Crippen LogP contribution in [0.1, 0.15) is 32.0 Å². The van der Waals surface area contributed by atoms with Gasteiger partial charge in [-0.15, -0.1) is 0 Å². The summed E-state index contributed by atoms with van der Waals surface area (Å²) in [4.78, 5) is 37.3. The molecule has 7 nitrogen and oxygen atoms in total. The number of halogens is 1. The largest absolute Gasteiger partial charge is 0.496 e. The molecular formula is C26H20ClNO6. The van der Waals surface area contributed by atoms with E-state index in [4.69, 9.17) is 16.3 Å². The van der Waals surface area contributed by atoms with E-state index in [1.165, 1.54) is 17.7 Å². The normalized spacial score (nSPS) is 10.9. The smallest absolute Gasteiger partial charge is 0.336 e. The van der Waals surface area contributed by atoms with Crippen LogP contribution < -0.4 is 4.74 Å². The molecule has 1 heterocycles. The number of benzene rings is 3. The average Bonchev–Trinajstić information content (AvgIpc) is 3.09. The van der Waals surface area contributed by atoms with E-state index < -0.39 is 11.9 Å². The standard InChI is InChI=1S/C26H20ClNO6/c1-14-19(13-22(29)30)23-20(28(14)25(31)15-7-9-16(27)10-8-15)11-12-21(34-2)24(23)17-5-3-4-6-18(17)26(32)33/h3-12H,13H2,1-2H3,(H,29,30)(H,32,33). The van der Waals surface area contributed by atoms with Gasteiger partial charge in [-0.3, -0.25) is 14.2 Å². The van der Waals surface area contributed by atoms with Gasteiger partial charge < -0.3 is 14.9 Å². The van der Waals surface area contributed by atoms with E-state index in [1.54, 1.807) is 61.5 Å². The van der Waals surface area contributed by atoms with Gasteiger partial charge in [-0.2, -0.15) is 0 Å². The Hall–Kier alpha value is -4.10. The number of carboxylic acids is 2. The van der Waals surface area contributed by atoms with Crippen LogP contribution in [0.5, 0.6) is 5.75 Å². The van der Waals surface area contributed by atoms with Crippen LogP contribution in [0.3, 0.4) is 0 Å². The Morgan fingerprint density at radius 2 is 1.65 bits per heavy atom. The Kier molecular flexibility index (Phi) is 6.13. The molecule has 0 aliphatic heterocycles. The van der Waals surface area contributed by atoms with Crippen LogP contribution in [0.4, 0.5) is 0 Å². The number of rotatable bonds is 6. The van der Waals surface area contributed by atoms with E-state index >= 15 is 0 Å². The quantitative estimate of drug-likeness (QED) is 0.390. The summed E-state index contributed by atoms with van der Waals surface area (Å²) in [5.41, 5.74) is 2.47. The molecule has 0 saturated heterocycles. The van der Waals surface area contributed by atoms with E-state index in [-0.39, 0.29) is 17.9 Å². The third-order valence-electron chi connectivity index (χ3n) is 5.73. The number of fused-ring (bicyclic) bond motifs is 1. The van der Waals surface area contributed by atoms with Crippen molar-refractivity contribution in [3.05, 3.63) is 88.1 Å². The Morgan fingerprint density at radius 3 is 2.26 bits per heavy atom. The Bertz CT molecular complexity index is 1450. The van der Waals surface area contributed by atoms with Crippen LogP contribution >= 0.6 is 11.6 Å². The van der Waals surface area contributed by atoms with Gasteiger partial charge in [0.2, 0.25) is 0 Å². The molecule has 172 valence electrons. The molecule has 2 N–H and O–H groups in total. The first-order valence-corrected chi connectivity index (χ1v) is 10.7. The zero-order valence-corrected chi connectivity index (χ0v) is 19.1. The molecule has 0 fully saturated rings. The summed E-state index contributed by atoms with van der Waals surface area (Å²) >= 11 is 5.97. The molecule has 0 atom stereocenters. The van der Waals surface area contributed by atoms with Crippen molar-refractivity contribution in [3.8, 4) is 16.9 Å². The molecule has 0 bridgehead atoms. The highest BCUT2D eigenvalue weighted by atomic mass is 35.5. The minimum atomic E-state index is -1.14. The second-order valence-corrected chi connectivity index (χ2v) is 8.11. The van der Waals surface area contributed by atoms with E-state index in [0.29, 0.717) is 49.6 Å². The molecule has 34 heavy (non-hydrogen) atoms. The summed E-state index contributed by atoms with van der Waals surface area (Å²) in [5.74, 6) is -2.22. The number of carboxylic acid groups (broad SMARTS) is 2. The average molecular weight is 478 g/mol.